The van der Waals surface area contributed by atoms with Crippen molar-refractivity contribution < 1.29 is 9.21 Å². The second-order valence-corrected chi connectivity index (χ2v) is 8.38. The van der Waals surface area contributed by atoms with Crippen LogP contribution in [0.3, 0.4) is 0 Å². The Bertz CT molecular complexity index is 1120. The van der Waals surface area contributed by atoms with Crippen molar-refractivity contribution in [3.63, 3.8) is 0 Å². The SMILES string of the molecule is O=C(NCCCCN1CCN(c2cccc(Cl)c2Cl)CC1)c1ccc2oc(=O)[nH]c2c1. The van der Waals surface area contributed by atoms with Crippen LogP contribution in [0.15, 0.2) is 45.6 Å². The molecule has 164 valence electrons. The lowest BCUT2D eigenvalue weighted by molar-refractivity contribution is 0.0952. The summed E-state index contributed by atoms with van der Waals surface area (Å²) in [6.45, 7) is 5.37. The molecule has 31 heavy (non-hydrogen) atoms. The maximum Gasteiger partial charge on any atom is 0.417 e. The van der Waals surface area contributed by atoms with Crippen LogP contribution in [0.25, 0.3) is 11.1 Å². The van der Waals surface area contributed by atoms with Gasteiger partial charge in [-0.15, -0.1) is 0 Å². The van der Waals surface area contributed by atoms with Crippen LogP contribution in [0.5, 0.6) is 0 Å². The smallest absolute Gasteiger partial charge is 0.408 e. The number of benzene rings is 2. The summed E-state index contributed by atoms with van der Waals surface area (Å²) in [5.74, 6) is -0.681. The van der Waals surface area contributed by atoms with E-state index in [0.29, 0.717) is 33.3 Å². The summed E-state index contributed by atoms with van der Waals surface area (Å²) >= 11 is 12.5. The highest BCUT2D eigenvalue weighted by Crippen LogP contribution is 2.32. The van der Waals surface area contributed by atoms with Gasteiger partial charge in [0.05, 0.1) is 21.2 Å². The molecule has 1 aliphatic rings. The van der Waals surface area contributed by atoms with Crippen molar-refractivity contribution in [2.24, 2.45) is 0 Å². The number of rotatable bonds is 7. The summed E-state index contributed by atoms with van der Waals surface area (Å²) in [6.07, 6.45) is 1.91. The van der Waals surface area contributed by atoms with Gasteiger partial charge in [-0.25, -0.2) is 4.79 Å². The number of hydrogen-bond acceptors (Lipinski definition) is 5. The number of carbonyl (C=O) groups excluding carboxylic acids is 1. The number of H-pyrrole nitrogens is 1. The number of halogens is 2. The number of aromatic nitrogens is 1. The van der Waals surface area contributed by atoms with Gasteiger partial charge in [0.25, 0.3) is 5.91 Å². The third kappa shape index (κ3) is 5.23. The first-order chi connectivity index (χ1) is 15.0. The van der Waals surface area contributed by atoms with Crippen LogP contribution in [-0.4, -0.2) is 55.1 Å². The molecule has 1 amide bonds. The molecule has 0 aliphatic carbocycles. The highest BCUT2D eigenvalue weighted by atomic mass is 35.5. The van der Waals surface area contributed by atoms with Crippen molar-refractivity contribution in [2.45, 2.75) is 12.8 Å². The standard InChI is InChI=1S/C22H24Cl2N4O3/c23-16-4-3-5-18(20(16)24)28-12-10-27(11-13-28)9-2-1-8-25-21(29)15-6-7-19-17(14-15)26-22(30)31-19/h3-7,14H,1-2,8-13H2,(H,25,29)(H,26,30). The molecular weight excluding hydrogens is 439 g/mol. The topological polar surface area (TPSA) is 81.6 Å². The Morgan fingerprint density at radius 3 is 2.71 bits per heavy atom. The Balaban J connectivity index is 1.16. The van der Waals surface area contributed by atoms with Gasteiger partial charge in [-0.3, -0.25) is 14.7 Å². The second kappa shape index (κ2) is 9.77. The number of nitrogens with one attached hydrogen (secondary N) is 2. The van der Waals surface area contributed by atoms with Crippen molar-refractivity contribution >= 4 is 45.9 Å². The summed E-state index contributed by atoms with van der Waals surface area (Å²) in [6, 6.07) is 10.6. The van der Waals surface area contributed by atoms with Gasteiger partial charge in [0.1, 0.15) is 0 Å². The minimum Gasteiger partial charge on any atom is -0.408 e. The van der Waals surface area contributed by atoms with E-state index < -0.39 is 5.76 Å². The van der Waals surface area contributed by atoms with Gasteiger partial charge in [-0.1, -0.05) is 29.3 Å². The van der Waals surface area contributed by atoms with Crippen molar-refractivity contribution in [2.75, 3.05) is 44.2 Å². The van der Waals surface area contributed by atoms with Crippen LogP contribution in [0.2, 0.25) is 10.0 Å². The largest absolute Gasteiger partial charge is 0.417 e. The summed E-state index contributed by atoms with van der Waals surface area (Å²) in [5.41, 5.74) is 2.46. The molecule has 2 N–H and O–H groups in total. The Morgan fingerprint density at radius 2 is 1.90 bits per heavy atom. The number of piperazine rings is 1. The minimum atomic E-state index is -0.524. The average Bonchev–Trinajstić information content (AvgIpc) is 3.15. The highest BCUT2D eigenvalue weighted by molar-refractivity contribution is 6.43. The molecule has 0 spiro atoms. The molecule has 0 unspecified atom stereocenters. The average molecular weight is 463 g/mol. The summed E-state index contributed by atoms with van der Waals surface area (Å²) in [4.78, 5) is 30.8. The van der Waals surface area contributed by atoms with Crippen LogP contribution in [0.1, 0.15) is 23.2 Å². The summed E-state index contributed by atoms with van der Waals surface area (Å²) in [7, 11) is 0. The molecule has 1 aliphatic heterocycles. The fourth-order valence-electron chi connectivity index (χ4n) is 3.81. The zero-order valence-electron chi connectivity index (χ0n) is 17.0. The number of anilines is 1. The Morgan fingerprint density at radius 1 is 1.10 bits per heavy atom. The van der Waals surface area contributed by atoms with Crippen LogP contribution >= 0.6 is 23.2 Å². The van der Waals surface area contributed by atoms with Gasteiger partial charge >= 0.3 is 5.76 Å². The lowest BCUT2D eigenvalue weighted by atomic mass is 10.2. The van der Waals surface area contributed by atoms with Crippen LogP contribution in [0, 0.1) is 0 Å². The van der Waals surface area contributed by atoms with Crippen molar-refractivity contribution in [3.8, 4) is 0 Å². The predicted molar refractivity (Wildman–Crippen MR) is 124 cm³/mol. The Hall–Kier alpha value is -2.48. The molecule has 2 aromatic carbocycles. The Labute approximate surface area is 189 Å². The lowest BCUT2D eigenvalue weighted by Gasteiger charge is -2.36. The van der Waals surface area contributed by atoms with E-state index in [-0.39, 0.29) is 5.91 Å². The monoisotopic (exact) mass is 462 g/mol. The van der Waals surface area contributed by atoms with Gasteiger partial charge in [-0.05, 0) is 49.7 Å². The molecule has 1 aromatic heterocycles. The number of oxazole rings is 1. The van der Waals surface area contributed by atoms with Gasteiger partial charge in [0.2, 0.25) is 0 Å². The van der Waals surface area contributed by atoms with E-state index in [1.165, 1.54) is 0 Å². The molecule has 1 fully saturated rings. The lowest BCUT2D eigenvalue weighted by Crippen LogP contribution is -2.46. The summed E-state index contributed by atoms with van der Waals surface area (Å²) < 4.78 is 4.95. The molecule has 9 heteroatoms. The molecule has 2 heterocycles. The molecular formula is C22H24Cl2N4O3. The summed E-state index contributed by atoms with van der Waals surface area (Å²) in [5, 5.41) is 4.13. The number of carbonyl (C=O) groups is 1. The normalized spacial score (nSPS) is 14.8. The third-order valence-electron chi connectivity index (χ3n) is 5.51. The molecule has 4 rings (SSSR count). The fourth-order valence-corrected chi connectivity index (χ4v) is 4.22. The van der Waals surface area contributed by atoms with E-state index in [1.54, 1.807) is 24.3 Å². The quantitative estimate of drug-likeness (QED) is 0.522. The molecule has 0 radical (unpaired) electrons. The van der Waals surface area contributed by atoms with E-state index in [1.807, 2.05) is 12.1 Å². The highest BCUT2D eigenvalue weighted by Gasteiger charge is 2.19. The predicted octanol–water partition coefficient (Wildman–Crippen LogP) is 3.76. The third-order valence-corrected chi connectivity index (χ3v) is 6.32. The number of hydrogen-bond donors (Lipinski definition) is 2. The zero-order chi connectivity index (χ0) is 21.8. The fraction of sp³-hybridized carbons (Fsp3) is 0.364. The van der Waals surface area contributed by atoms with Crippen LogP contribution in [-0.2, 0) is 0 Å². The molecule has 0 atom stereocenters. The maximum atomic E-state index is 12.3. The first-order valence-corrected chi connectivity index (χ1v) is 11.1. The van der Waals surface area contributed by atoms with Gasteiger partial charge in [-0.2, -0.15) is 0 Å². The number of nitrogens with zero attached hydrogens (tertiary/aromatic N) is 2. The Kier molecular flexibility index (Phi) is 6.85. The molecule has 3 aromatic rings. The number of aromatic amines is 1. The number of unbranched alkanes of at least 4 members (excludes halogenated alkanes) is 1. The van der Waals surface area contributed by atoms with Gasteiger partial charge in [0.15, 0.2) is 5.58 Å². The van der Waals surface area contributed by atoms with E-state index in [2.05, 4.69) is 20.1 Å². The minimum absolute atomic E-state index is 0.157. The number of fused-ring (bicyclic) bond motifs is 1. The molecule has 0 bridgehead atoms. The van der Waals surface area contributed by atoms with Crippen LogP contribution < -0.4 is 16.0 Å². The van der Waals surface area contributed by atoms with E-state index >= 15 is 0 Å². The first-order valence-electron chi connectivity index (χ1n) is 10.3. The van der Waals surface area contributed by atoms with E-state index in [0.717, 1.165) is 51.3 Å². The second-order valence-electron chi connectivity index (χ2n) is 7.59. The maximum absolute atomic E-state index is 12.3. The molecule has 7 nitrogen and oxygen atoms in total. The van der Waals surface area contributed by atoms with E-state index in [4.69, 9.17) is 27.6 Å². The van der Waals surface area contributed by atoms with Crippen molar-refractivity contribution in [1.29, 1.82) is 0 Å². The zero-order valence-corrected chi connectivity index (χ0v) is 18.5. The molecule has 0 saturated carbocycles. The van der Waals surface area contributed by atoms with Gasteiger partial charge in [0, 0.05) is 38.3 Å². The number of amides is 1. The van der Waals surface area contributed by atoms with Crippen molar-refractivity contribution in [1.82, 2.24) is 15.2 Å². The molecule has 1 saturated heterocycles. The van der Waals surface area contributed by atoms with E-state index in [9.17, 15) is 9.59 Å². The first kappa shape index (κ1) is 21.7. The van der Waals surface area contributed by atoms with Crippen LogP contribution in [0.4, 0.5) is 5.69 Å². The van der Waals surface area contributed by atoms with Crippen molar-refractivity contribution in [3.05, 3.63) is 62.6 Å². The van der Waals surface area contributed by atoms with Gasteiger partial charge < -0.3 is 14.6 Å².